The molecule has 0 radical (unpaired) electrons. The van der Waals surface area contributed by atoms with E-state index in [-0.39, 0.29) is 23.1 Å². The van der Waals surface area contributed by atoms with Crippen LogP contribution in [0.15, 0.2) is 48.5 Å². The van der Waals surface area contributed by atoms with Crippen LogP contribution >= 0.6 is 0 Å². The molecule has 1 saturated carbocycles. The number of hydrogen-bond acceptors (Lipinski definition) is 5. The van der Waals surface area contributed by atoms with Gasteiger partial charge in [0.05, 0.1) is 17.9 Å². The van der Waals surface area contributed by atoms with Crippen molar-refractivity contribution in [2.24, 2.45) is 11.8 Å². The lowest BCUT2D eigenvalue weighted by Gasteiger charge is -2.33. The van der Waals surface area contributed by atoms with Gasteiger partial charge in [-0.15, -0.1) is 0 Å². The second kappa shape index (κ2) is 7.19. The van der Waals surface area contributed by atoms with Crippen molar-refractivity contribution in [2.45, 2.75) is 56.8 Å². The molecule has 0 aromatic heterocycles. The average Bonchev–Trinajstić information content (AvgIpc) is 3.40. The van der Waals surface area contributed by atoms with Gasteiger partial charge in [-0.1, -0.05) is 67.8 Å². The maximum atomic E-state index is 13.9. The van der Waals surface area contributed by atoms with Gasteiger partial charge in [0.2, 0.25) is 29.0 Å². The molecule has 6 nitrogen and oxygen atoms in total. The van der Waals surface area contributed by atoms with Crippen LogP contribution in [0.4, 0.5) is 0 Å². The molecule has 0 bridgehead atoms. The highest BCUT2D eigenvalue weighted by atomic mass is 16.5. The maximum Gasteiger partial charge on any atom is 0.237 e. The van der Waals surface area contributed by atoms with Crippen molar-refractivity contribution in [3.8, 4) is 0 Å². The number of ether oxygens (including phenoxy) is 1. The summed E-state index contributed by atoms with van der Waals surface area (Å²) in [6.45, 7) is 1.91. The maximum absolute atomic E-state index is 13.9. The van der Waals surface area contributed by atoms with Crippen molar-refractivity contribution >= 4 is 23.4 Å². The first-order valence-corrected chi connectivity index (χ1v) is 11.8. The van der Waals surface area contributed by atoms with Crippen molar-refractivity contribution in [1.82, 2.24) is 4.90 Å². The number of benzene rings is 2. The molecule has 3 atom stereocenters. The van der Waals surface area contributed by atoms with E-state index in [0.29, 0.717) is 0 Å². The summed E-state index contributed by atoms with van der Waals surface area (Å²) in [5.41, 5.74) is 0.195. The van der Waals surface area contributed by atoms with Gasteiger partial charge in [-0.25, -0.2) is 0 Å². The summed E-state index contributed by atoms with van der Waals surface area (Å²) in [5.74, 6) is -3.76. The number of nitrogens with zero attached hydrogens (tertiary/aromatic N) is 1. The van der Waals surface area contributed by atoms with Crippen LogP contribution in [0.5, 0.6) is 0 Å². The third-order valence-corrected chi connectivity index (χ3v) is 7.99. The Kier molecular flexibility index (Phi) is 4.46. The lowest BCUT2D eigenvalue weighted by Crippen LogP contribution is -2.52. The molecule has 2 heterocycles. The lowest BCUT2D eigenvalue weighted by molar-refractivity contribution is -0.148. The zero-order chi connectivity index (χ0) is 22.9. The summed E-state index contributed by atoms with van der Waals surface area (Å²) in [6, 6.07) is 13.9. The Labute approximate surface area is 191 Å². The van der Waals surface area contributed by atoms with E-state index in [1.165, 1.54) is 4.90 Å². The number of imide groups is 1. The highest BCUT2D eigenvalue weighted by Gasteiger charge is 2.75. The number of likely N-dealkylation sites (tertiary alicyclic amines) is 1. The van der Waals surface area contributed by atoms with Crippen LogP contribution in [0.2, 0.25) is 0 Å². The summed E-state index contributed by atoms with van der Waals surface area (Å²) in [4.78, 5) is 56.6. The minimum absolute atomic E-state index is 0.173. The van der Waals surface area contributed by atoms with Crippen molar-refractivity contribution in [3.05, 3.63) is 70.8 Å². The van der Waals surface area contributed by atoms with Crippen LogP contribution in [0.25, 0.3) is 0 Å². The summed E-state index contributed by atoms with van der Waals surface area (Å²) in [7, 11) is 0. The zero-order valence-corrected chi connectivity index (χ0v) is 18.5. The van der Waals surface area contributed by atoms with Gasteiger partial charge in [0.25, 0.3) is 0 Å². The van der Waals surface area contributed by atoms with Gasteiger partial charge in [-0.05, 0) is 30.9 Å². The fourth-order valence-electron chi connectivity index (χ4n) is 6.43. The predicted octanol–water partition coefficient (Wildman–Crippen LogP) is 3.82. The van der Waals surface area contributed by atoms with E-state index in [4.69, 9.17) is 4.74 Å². The average molecular weight is 443 g/mol. The molecule has 168 valence electrons. The molecule has 4 aliphatic rings. The van der Waals surface area contributed by atoms with Crippen molar-refractivity contribution < 1.29 is 23.9 Å². The second-order valence-corrected chi connectivity index (χ2v) is 9.68. The van der Waals surface area contributed by atoms with E-state index < -0.39 is 41.0 Å². The smallest absolute Gasteiger partial charge is 0.237 e. The fraction of sp³-hybridized carbons (Fsp3) is 0.407. The third-order valence-electron chi connectivity index (χ3n) is 7.99. The number of carbonyl (C=O) groups excluding carboxylic acids is 4. The summed E-state index contributed by atoms with van der Waals surface area (Å²) < 4.78 is 6.36. The molecule has 0 N–H and O–H groups in total. The van der Waals surface area contributed by atoms with Crippen LogP contribution < -0.4 is 0 Å². The molecule has 2 saturated heterocycles. The Morgan fingerprint density at radius 1 is 0.818 bits per heavy atom. The molecular formula is C27H25NO5. The highest BCUT2D eigenvalue weighted by Crippen LogP contribution is 2.58. The molecule has 2 aliphatic heterocycles. The van der Waals surface area contributed by atoms with Crippen LogP contribution in [0.3, 0.4) is 0 Å². The fourth-order valence-corrected chi connectivity index (χ4v) is 6.43. The van der Waals surface area contributed by atoms with Gasteiger partial charge in [-0.3, -0.25) is 24.1 Å². The number of carbonyl (C=O) groups is 4. The van der Waals surface area contributed by atoms with E-state index >= 15 is 0 Å². The Bertz CT molecular complexity index is 1180. The Morgan fingerprint density at radius 2 is 1.42 bits per heavy atom. The van der Waals surface area contributed by atoms with E-state index in [0.717, 1.165) is 43.2 Å². The van der Waals surface area contributed by atoms with E-state index in [1.807, 2.05) is 31.2 Å². The van der Waals surface area contributed by atoms with Gasteiger partial charge in [-0.2, -0.15) is 0 Å². The van der Waals surface area contributed by atoms with Crippen LogP contribution in [0, 0.1) is 18.8 Å². The van der Waals surface area contributed by atoms with E-state index in [1.54, 1.807) is 24.3 Å². The minimum atomic E-state index is -1.97. The van der Waals surface area contributed by atoms with Crippen LogP contribution in [0.1, 0.15) is 70.1 Å². The molecule has 2 aromatic carbocycles. The number of aryl methyl sites for hydroxylation is 1. The topological polar surface area (TPSA) is 80.8 Å². The van der Waals surface area contributed by atoms with Gasteiger partial charge in [0.15, 0.2) is 0 Å². The number of ketones is 2. The molecular weight excluding hydrogens is 418 g/mol. The molecule has 0 unspecified atom stereocenters. The van der Waals surface area contributed by atoms with E-state index in [2.05, 4.69) is 0 Å². The normalized spacial score (nSPS) is 28.6. The van der Waals surface area contributed by atoms with Gasteiger partial charge in [0.1, 0.15) is 0 Å². The summed E-state index contributed by atoms with van der Waals surface area (Å²) in [5, 5.41) is 0. The standard InChI is InChI=1S/C27H25NO5/c1-15-9-5-6-12-17(15)22-20-21(26(32)28(25(20)31)16-10-3-2-4-11-16)27(33-22)23(29)18-13-7-8-14-19(18)24(27)30/h5-9,12-14,16,20-22H,2-4,10-11H2,1H3/t20-,21-,22-/m1/s1. The summed E-state index contributed by atoms with van der Waals surface area (Å²) in [6.07, 6.45) is 3.71. The van der Waals surface area contributed by atoms with Crippen LogP contribution in [-0.4, -0.2) is 39.9 Å². The monoisotopic (exact) mass is 443 g/mol. The zero-order valence-electron chi connectivity index (χ0n) is 18.5. The number of amides is 2. The molecule has 2 amide bonds. The predicted molar refractivity (Wildman–Crippen MR) is 119 cm³/mol. The van der Waals surface area contributed by atoms with Crippen molar-refractivity contribution in [3.63, 3.8) is 0 Å². The highest BCUT2D eigenvalue weighted by molar-refractivity contribution is 6.35. The molecule has 2 aromatic rings. The van der Waals surface area contributed by atoms with Crippen molar-refractivity contribution in [2.75, 3.05) is 0 Å². The lowest BCUT2D eigenvalue weighted by atomic mass is 9.77. The number of rotatable bonds is 2. The SMILES string of the molecule is Cc1ccccc1[C@H]1OC2(C(=O)c3ccccc3C2=O)[C@H]2C(=O)N(C3CCCCC3)C(=O)[C@@H]12. The van der Waals surface area contributed by atoms with Gasteiger partial charge < -0.3 is 4.74 Å². The Balaban J connectivity index is 1.52. The van der Waals surface area contributed by atoms with Crippen LogP contribution in [-0.2, 0) is 14.3 Å². The Morgan fingerprint density at radius 3 is 2.06 bits per heavy atom. The van der Waals surface area contributed by atoms with Crippen molar-refractivity contribution in [1.29, 1.82) is 0 Å². The largest absolute Gasteiger partial charge is 0.349 e. The first-order valence-electron chi connectivity index (χ1n) is 11.8. The third kappa shape index (κ3) is 2.58. The molecule has 2 aliphatic carbocycles. The molecule has 1 spiro atoms. The summed E-state index contributed by atoms with van der Waals surface area (Å²) >= 11 is 0. The first kappa shape index (κ1) is 20.5. The number of fused-ring (bicyclic) bond motifs is 3. The first-order chi connectivity index (χ1) is 16.0. The van der Waals surface area contributed by atoms with E-state index in [9.17, 15) is 19.2 Å². The van der Waals surface area contributed by atoms with Gasteiger partial charge in [0, 0.05) is 17.2 Å². The minimum Gasteiger partial charge on any atom is -0.349 e. The molecule has 6 rings (SSSR count). The molecule has 6 heteroatoms. The van der Waals surface area contributed by atoms with Gasteiger partial charge >= 0.3 is 0 Å². The second-order valence-electron chi connectivity index (χ2n) is 9.68. The molecule has 33 heavy (non-hydrogen) atoms. The number of Topliss-reactive ketones (excluding diaryl/α,β-unsaturated/α-hetero) is 2. The Hall–Kier alpha value is -3.12. The molecule has 3 fully saturated rings. The number of hydrogen-bond donors (Lipinski definition) is 0. The quantitative estimate of drug-likeness (QED) is 0.521.